The molecular weight excluding hydrogens is 254 g/mol. The largest absolute Gasteiger partial charge is 0.316 e. The number of hydrogen-bond donors (Lipinski definition) is 1. The lowest BCUT2D eigenvalue weighted by Gasteiger charge is -2.26. The van der Waals surface area contributed by atoms with Gasteiger partial charge in [0, 0.05) is 13.1 Å². The van der Waals surface area contributed by atoms with Crippen LogP contribution in [0.25, 0.3) is 11.0 Å². The van der Waals surface area contributed by atoms with E-state index in [2.05, 4.69) is 9.88 Å². The number of para-hydroxylation sites is 2. The normalized spacial score (nSPS) is 16.6. The highest BCUT2D eigenvalue weighted by Crippen LogP contribution is 2.10. The Morgan fingerprint density at radius 2 is 1.75 bits per heavy atom. The molecule has 1 saturated heterocycles. The van der Waals surface area contributed by atoms with E-state index in [0.717, 1.165) is 30.7 Å². The maximum Gasteiger partial charge on any atom is 0.316 e. The van der Waals surface area contributed by atoms with Crippen molar-refractivity contribution < 1.29 is 0 Å². The number of aromatic amines is 1. The van der Waals surface area contributed by atoms with Gasteiger partial charge in [-0.3, -0.25) is 9.59 Å². The van der Waals surface area contributed by atoms with E-state index in [4.69, 9.17) is 0 Å². The predicted octanol–water partition coefficient (Wildman–Crippen LogP) is 1.18. The highest BCUT2D eigenvalue weighted by atomic mass is 16.2. The van der Waals surface area contributed by atoms with Gasteiger partial charge in [-0.25, -0.2) is 0 Å². The van der Waals surface area contributed by atoms with Crippen LogP contribution in [-0.2, 0) is 6.54 Å². The third-order valence-electron chi connectivity index (χ3n) is 3.97. The van der Waals surface area contributed by atoms with Crippen LogP contribution in [0.3, 0.4) is 0 Å². The smallest absolute Gasteiger partial charge is 0.316 e. The predicted molar refractivity (Wildman–Crippen MR) is 79.1 cm³/mol. The first-order chi connectivity index (χ1) is 9.75. The van der Waals surface area contributed by atoms with E-state index in [1.165, 1.54) is 19.3 Å². The molecule has 20 heavy (non-hydrogen) atoms. The molecule has 1 aromatic heterocycles. The third kappa shape index (κ3) is 2.54. The number of fused-ring (bicyclic) bond motifs is 1. The zero-order valence-electron chi connectivity index (χ0n) is 11.5. The molecule has 0 amide bonds. The van der Waals surface area contributed by atoms with Crippen molar-refractivity contribution in [2.75, 3.05) is 19.6 Å². The molecule has 0 atom stereocenters. The SMILES string of the molecule is O=c1[nH]c2ccccc2n(CCN2CCCCC2)c1=O. The van der Waals surface area contributed by atoms with Crippen LogP contribution in [0, 0.1) is 0 Å². The number of nitrogens with zero attached hydrogens (tertiary/aromatic N) is 2. The second-order valence-corrected chi connectivity index (χ2v) is 5.33. The van der Waals surface area contributed by atoms with Gasteiger partial charge < -0.3 is 14.5 Å². The van der Waals surface area contributed by atoms with Crippen LogP contribution in [0.2, 0.25) is 0 Å². The van der Waals surface area contributed by atoms with Gasteiger partial charge >= 0.3 is 11.1 Å². The molecule has 1 N–H and O–H groups in total. The van der Waals surface area contributed by atoms with Crippen molar-refractivity contribution in [1.82, 2.24) is 14.5 Å². The van der Waals surface area contributed by atoms with Gasteiger partial charge in [-0.2, -0.15) is 0 Å². The lowest BCUT2D eigenvalue weighted by atomic mass is 10.1. The van der Waals surface area contributed by atoms with Crippen molar-refractivity contribution in [3.05, 3.63) is 45.0 Å². The Morgan fingerprint density at radius 3 is 2.55 bits per heavy atom. The molecule has 1 aliphatic heterocycles. The summed E-state index contributed by atoms with van der Waals surface area (Å²) in [4.78, 5) is 28.8. The van der Waals surface area contributed by atoms with Crippen molar-refractivity contribution in [2.24, 2.45) is 0 Å². The van der Waals surface area contributed by atoms with E-state index in [1.54, 1.807) is 4.57 Å². The van der Waals surface area contributed by atoms with E-state index >= 15 is 0 Å². The second kappa shape index (κ2) is 5.63. The van der Waals surface area contributed by atoms with Crippen molar-refractivity contribution in [1.29, 1.82) is 0 Å². The standard InChI is InChI=1S/C15H19N3O2/c19-14-15(20)18(11-10-17-8-4-1-5-9-17)13-7-3-2-6-12(13)16-14/h2-3,6-7H,1,4-5,8-11H2,(H,16,19). The topological polar surface area (TPSA) is 58.1 Å². The Morgan fingerprint density at radius 1 is 1.00 bits per heavy atom. The minimum Gasteiger partial charge on any atom is -0.316 e. The highest BCUT2D eigenvalue weighted by Gasteiger charge is 2.12. The Bertz CT molecular complexity index is 711. The van der Waals surface area contributed by atoms with Gasteiger partial charge in [0.05, 0.1) is 11.0 Å². The number of H-pyrrole nitrogens is 1. The molecule has 0 aliphatic carbocycles. The van der Waals surface area contributed by atoms with E-state index in [-0.39, 0.29) is 0 Å². The lowest BCUT2D eigenvalue weighted by molar-refractivity contribution is 0.221. The van der Waals surface area contributed by atoms with Crippen LogP contribution in [0.1, 0.15) is 19.3 Å². The fraction of sp³-hybridized carbons (Fsp3) is 0.467. The molecule has 1 aliphatic rings. The third-order valence-corrected chi connectivity index (χ3v) is 3.97. The quantitative estimate of drug-likeness (QED) is 0.854. The number of aromatic nitrogens is 2. The molecule has 5 nitrogen and oxygen atoms in total. The molecule has 0 unspecified atom stereocenters. The monoisotopic (exact) mass is 273 g/mol. The van der Waals surface area contributed by atoms with Crippen molar-refractivity contribution in [2.45, 2.75) is 25.8 Å². The average molecular weight is 273 g/mol. The molecule has 2 heterocycles. The molecule has 0 saturated carbocycles. The molecule has 1 aromatic carbocycles. The Hall–Kier alpha value is -1.88. The lowest BCUT2D eigenvalue weighted by Crippen LogP contribution is -2.40. The summed E-state index contributed by atoms with van der Waals surface area (Å²) in [6, 6.07) is 7.45. The van der Waals surface area contributed by atoms with Crippen molar-refractivity contribution in [3.63, 3.8) is 0 Å². The van der Waals surface area contributed by atoms with Crippen LogP contribution in [-0.4, -0.2) is 34.1 Å². The zero-order valence-corrected chi connectivity index (χ0v) is 11.5. The molecule has 3 rings (SSSR count). The van der Waals surface area contributed by atoms with Gasteiger partial charge in [-0.1, -0.05) is 18.6 Å². The summed E-state index contributed by atoms with van der Waals surface area (Å²) in [5.41, 5.74) is 0.521. The molecule has 0 radical (unpaired) electrons. The first-order valence-corrected chi connectivity index (χ1v) is 7.20. The summed E-state index contributed by atoms with van der Waals surface area (Å²) in [6.45, 7) is 3.59. The molecule has 0 bridgehead atoms. The Balaban J connectivity index is 1.91. The van der Waals surface area contributed by atoms with Gasteiger partial charge in [-0.05, 0) is 38.1 Å². The van der Waals surface area contributed by atoms with Gasteiger partial charge in [0.2, 0.25) is 0 Å². The van der Waals surface area contributed by atoms with E-state index in [9.17, 15) is 9.59 Å². The number of benzene rings is 1. The van der Waals surface area contributed by atoms with Gasteiger partial charge in [0.15, 0.2) is 0 Å². The minimum atomic E-state index is -0.539. The minimum absolute atomic E-state index is 0.458. The average Bonchev–Trinajstić information content (AvgIpc) is 2.49. The molecule has 2 aromatic rings. The number of nitrogens with one attached hydrogen (secondary N) is 1. The maximum absolute atomic E-state index is 12.1. The summed E-state index contributed by atoms with van der Waals surface area (Å²) in [6.07, 6.45) is 3.75. The Kier molecular flexibility index (Phi) is 3.69. The molecule has 106 valence electrons. The molecular formula is C15H19N3O2. The summed E-state index contributed by atoms with van der Waals surface area (Å²) in [7, 11) is 0. The number of likely N-dealkylation sites (tertiary alicyclic amines) is 1. The summed E-state index contributed by atoms with van der Waals surface area (Å²) in [5, 5.41) is 0. The van der Waals surface area contributed by atoms with Crippen LogP contribution >= 0.6 is 0 Å². The van der Waals surface area contributed by atoms with Gasteiger partial charge in [0.25, 0.3) is 0 Å². The number of piperidine rings is 1. The second-order valence-electron chi connectivity index (χ2n) is 5.33. The van der Waals surface area contributed by atoms with Crippen LogP contribution < -0.4 is 11.1 Å². The number of hydrogen-bond acceptors (Lipinski definition) is 3. The Labute approximate surface area is 116 Å². The molecule has 0 spiro atoms. The van der Waals surface area contributed by atoms with Crippen LogP contribution in [0.4, 0.5) is 0 Å². The van der Waals surface area contributed by atoms with E-state index in [1.807, 2.05) is 24.3 Å². The molecule has 5 heteroatoms. The fourth-order valence-corrected chi connectivity index (χ4v) is 2.87. The first-order valence-electron chi connectivity index (χ1n) is 7.20. The fourth-order valence-electron chi connectivity index (χ4n) is 2.87. The molecule has 1 fully saturated rings. The summed E-state index contributed by atoms with van der Waals surface area (Å²) >= 11 is 0. The van der Waals surface area contributed by atoms with Crippen LogP contribution in [0.5, 0.6) is 0 Å². The summed E-state index contributed by atoms with van der Waals surface area (Å²) in [5.74, 6) is 0. The maximum atomic E-state index is 12.1. The zero-order chi connectivity index (χ0) is 13.9. The summed E-state index contributed by atoms with van der Waals surface area (Å²) < 4.78 is 1.60. The highest BCUT2D eigenvalue weighted by molar-refractivity contribution is 5.74. The van der Waals surface area contributed by atoms with E-state index in [0.29, 0.717) is 6.54 Å². The van der Waals surface area contributed by atoms with Gasteiger partial charge in [-0.15, -0.1) is 0 Å². The van der Waals surface area contributed by atoms with E-state index < -0.39 is 11.1 Å². The van der Waals surface area contributed by atoms with Crippen molar-refractivity contribution in [3.8, 4) is 0 Å². The number of rotatable bonds is 3. The van der Waals surface area contributed by atoms with Crippen LogP contribution in [0.15, 0.2) is 33.9 Å². The van der Waals surface area contributed by atoms with Gasteiger partial charge in [0.1, 0.15) is 0 Å². The first kappa shape index (κ1) is 13.1. The van der Waals surface area contributed by atoms with Crippen molar-refractivity contribution >= 4 is 11.0 Å².